The van der Waals surface area contributed by atoms with Crippen molar-refractivity contribution in [2.75, 3.05) is 37.7 Å². The first-order valence-electron chi connectivity index (χ1n) is 9.36. The van der Waals surface area contributed by atoms with Crippen LogP contribution in [-0.2, 0) is 9.53 Å². The summed E-state index contributed by atoms with van der Waals surface area (Å²) in [6.45, 7) is 5.20. The average molecular weight is 345 g/mol. The number of hydrogen-bond acceptors (Lipinski definition) is 5. The van der Waals surface area contributed by atoms with Crippen molar-refractivity contribution < 1.29 is 14.3 Å². The number of piperidine rings is 2. The molecular formula is C19H27N3O3. The summed E-state index contributed by atoms with van der Waals surface area (Å²) in [5.74, 6) is 0.350. The van der Waals surface area contributed by atoms with E-state index in [2.05, 4.69) is 9.88 Å². The third-order valence-corrected chi connectivity index (χ3v) is 5.00. The fraction of sp³-hybridized carbons (Fsp3) is 0.632. The minimum atomic E-state index is -0.215. The predicted octanol–water partition coefficient (Wildman–Crippen LogP) is 2.49. The summed E-state index contributed by atoms with van der Waals surface area (Å²) in [6.07, 6.45) is 6.87. The molecule has 0 aromatic carbocycles. The van der Waals surface area contributed by atoms with Gasteiger partial charge in [0.15, 0.2) is 0 Å². The molecule has 136 valence electrons. The third kappa shape index (κ3) is 4.11. The van der Waals surface area contributed by atoms with Gasteiger partial charge in [0.25, 0.3) is 5.91 Å². The predicted molar refractivity (Wildman–Crippen MR) is 95.6 cm³/mol. The molecule has 3 heterocycles. The highest BCUT2D eigenvalue weighted by molar-refractivity contribution is 5.99. The van der Waals surface area contributed by atoms with E-state index in [0.717, 1.165) is 44.6 Å². The Kier molecular flexibility index (Phi) is 5.89. The number of amides is 1. The van der Waals surface area contributed by atoms with Gasteiger partial charge in [-0.15, -0.1) is 0 Å². The standard InChI is InChI=1S/C19H27N3O3/c1-2-25-19(24)15-8-7-13-22(14-15)18(23)16-9-6-10-20-17(16)21-11-4-3-5-12-21/h6,9-10,15H,2-5,7-8,11-14H2,1H3. The number of aromatic nitrogens is 1. The smallest absolute Gasteiger partial charge is 0.310 e. The van der Waals surface area contributed by atoms with E-state index in [1.807, 2.05) is 19.1 Å². The number of anilines is 1. The number of ether oxygens (including phenoxy) is 1. The molecular weight excluding hydrogens is 318 g/mol. The van der Waals surface area contributed by atoms with Crippen molar-refractivity contribution in [3.05, 3.63) is 23.9 Å². The van der Waals surface area contributed by atoms with Crippen LogP contribution in [0.5, 0.6) is 0 Å². The van der Waals surface area contributed by atoms with Crippen molar-refractivity contribution in [3.8, 4) is 0 Å². The Hall–Kier alpha value is -2.11. The molecule has 0 N–H and O–H groups in total. The molecule has 2 saturated heterocycles. The molecule has 1 unspecified atom stereocenters. The van der Waals surface area contributed by atoms with Crippen LogP contribution in [-0.4, -0.2) is 54.5 Å². The molecule has 2 aliphatic heterocycles. The van der Waals surface area contributed by atoms with Crippen LogP contribution in [0, 0.1) is 5.92 Å². The molecule has 1 aromatic heterocycles. The topological polar surface area (TPSA) is 62.7 Å². The molecule has 1 aromatic rings. The number of likely N-dealkylation sites (tertiary alicyclic amines) is 1. The first-order chi connectivity index (χ1) is 12.2. The molecule has 2 aliphatic rings. The summed E-state index contributed by atoms with van der Waals surface area (Å²) in [5.41, 5.74) is 0.647. The van der Waals surface area contributed by atoms with Gasteiger partial charge in [0, 0.05) is 32.4 Å². The second kappa shape index (κ2) is 8.32. The summed E-state index contributed by atoms with van der Waals surface area (Å²) in [7, 11) is 0. The van der Waals surface area contributed by atoms with Crippen LogP contribution in [0.25, 0.3) is 0 Å². The molecule has 3 rings (SSSR count). The van der Waals surface area contributed by atoms with Crippen LogP contribution in [0.3, 0.4) is 0 Å². The van der Waals surface area contributed by atoms with Gasteiger partial charge in [-0.1, -0.05) is 0 Å². The minimum Gasteiger partial charge on any atom is -0.466 e. The summed E-state index contributed by atoms with van der Waals surface area (Å²) in [4.78, 5) is 33.6. The van der Waals surface area contributed by atoms with Gasteiger partial charge in [0.05, 0.1) is 18.1 Å². The summed E-state index contributed by atoms with van der Waals surface area (Å²) in [6, 6.07) is 3.67. The summed E-state index contributed by atoms with van der Waals surface area (Å²) in [5, 5.41) is 0. The fourth-order valence-electron chi connectivity index (χ4n) is 3.71. The highest BCUT2D eigenvalue weighted by Crippen LogP contribution is 2.25. The second-order valence-corrected chi connectivity index (χ2v) is 6.76. The SMILES string of the molecule is CCOC(=O)C1CCCN(C(=O)c2cccnc2N2CCCCC2)C1. The number of rotatable bonds is 4. The average Bonchev–Trinajstić information content (AvgIpc) is 2.68. The zero-order valence-electron chi connectivity index (χ0n) is 14.9. The van der Waals surface area contributed by atoms with Gasteiger partial charge >= 0.3 is 5.97 Å². The van der Waals surface area contributed by atoms with Gasteiger partial charge < -0.3 is 14.5 Å². The van der Waals surface area contributed by atoms with Crippen molar-refractivity contribution in [3.63, 3.8) is 0 Å². The number of pyridine rings is 1. The Morgan fingerprint density at radius 3 is 2.76 bits per heavy atom. The molecule has 25 heavy (non-hydrogen) atoms. The van der Waals surface area contributed by atoms with Crippen LogP contribution in [0.15, 0.2) is 18.3 Å². The lowest BCUT2D eigenvalue weighted by Gasteiger charge is -2.33. The Morgan fingerprint density at radius 1 is 1.20 bits per heavy atom. The van der Waals surface area contributed by atoms with Crippen molar-refractivity contribution in [1.29, 1.82) is 0 Å². The number of hydrogen-bond donors (Lipinski definition) is 0. The first-order valence-corrected chi connectivity index (χ1v) is 9.36. The summed E-state index contributed by atoms with van der Waals surface area (Å²) >= 11 is 0. The highest BCUT2D eigenvalue weighted by Gasteiger charge is 2.31. The lowest BCUT2D eigenvalue weighted by atomic mass is 9.97. The molecule has 1 amide bonds. The lowest BCUT2D eigenvalue weighted by molar-refractivity contribution is -0.149. The molecule has 0 radical (unpaired) electrons. The van der Waals surface area contributed by atoms with Gasteiger partial charge in [-0.3, -0.25) is 9.59 Å². The third-order valence-electron chi connectivity index (χ3n) is 5.00. The monoisotopic (exact) mass is 345 g/mol. The Labute approximate surface area is 149 Å². The minimum absolute atomic E-state index is 0.0253. The molecule has 6 nitrogen and oxygen atoms in total. The number of carbonyl (C=O) groups excluding carboxylic acids is 2. The van der Waals surface area contributed by atoms with Crippen molar-refractivity contribution in [1.82, 2.24) is 9.88 Å². The van der Waals surface area contributed by atoms with Gasteiger partial charge in [-0.2, -0.15) is 0 Å². The maximum atomic E-state index is 13.1. The Balaban J connectivity index is 1.75. The van der Waals surface area contributed by atoms with Crippen LogP contribution in [0.1, 0.15) is 49.4 Å². The molecule has 6 heteroatoms. The fourth-order valence-corrected chi connectivity index (χ4v) is 3.71. The lowest BCUT2D eigenvalue weighted by Crippen LogP contribution is -2.43. The first kappa shape index (κ1) is 17.7. The molecule has 2 fully saturated rings. The van der Waals surface area contributed by atoms with Crippen LogP contribution in [0.4, 0.5) is 5.82 Å². The van der Waals surface area contributed by atoms with E-state index < -0.39 is 0 Å². The maximum absolute atomic E-state index is 13.1. The largest absolute Gasteiger partial charge is 0.466 e. The molecule has 0 aliphatic carbocycles. The zero-order chi connectivity index (χ0) is 17.6. The van der Waals surface area contributed by atoms with Crippen LogP contribution < -0.4 is 4.90 Å². The van der Waals surface area contributed by atoms with Crippen molar-refractivity contribution in [2.45, 2.75) is 39.0 Å². The molecule has 0 spiro atoms. The van der Waals surface area contributed by atoms with Crippen molar-refractivity contribution >= 4 is 17.7 Å². The molecule has 0 saturated carbocycles. The van der Waals surface area contributed by atoms with Gasteiger partial charge in [-0.25, -0.2) is 4.98 Å². The normalized spacial score (nSPS) is 21.1. The Bertz CT molecular complexity index is 614. The Morgan fingerprint density at radius 2 is 2.00 bits per heavy atom. The summed E-state index contributed by atoms with van der Waals surface area (Å²) < 4.78 is 5.14. The van der Waals surface area contributed by atoms with E-state index in [0.29, 0.717) is 25.3 Å². The van der Waals surface area contributed by atoms with E-state index in [1.165, 1.54) is 6.42 Å². The zero-order valence-corrected chi connectivity index (χ0v) is 14.9. The molecule has 1 atom stereocenters. The van der Waals surface area contributed by atoms with Gasteiger partial charge in [-0.05, 0) is 51.2 Å². The van der Waals surface area contributed by atoms with E-state index in [4.69, 9.17) is 4.74 Å². The van der Waals surface area contributed by atoms with E-state index in [9.17, 15) is 9.59 Å². The second-order valence-electron chi connectivity index (χ2n) is 6.76. The number of carbonyl (C=O) groups is 2. The maximum Gasteiger partial charge on any atom is 0.310 e. The van der Waals surface area contributed by atoms with E-state index in [-0.39, 0.29) is 17.8 Å². The number of nitrogens with zero attached hydrogens (tertiary/aromatic N) is 3. The van der Waals surface area contributed by atoms with Crippen LogP contribution >= 0.6 is 0 Å². The van der Waals surface area contributed by atoms with Gasteiger partial charge in [0.1, 0.15) is 5.82 Å². The van der Waals surface area contributed by atoms with Gasteiger partial charge in [0.2, 0.25) is 0 Å². The molecule has 0 bridgehead atoms. The van der Waals surface area contributed by atoms with Crippen molar-refractivity contribution in [2.24, 2.45) is 5.92 Å². The quantitative estimate of drug-likeness (QED) is 0.785. The van der Waals surface area contributed by atoms with Crippen LogP contribution in [0.2, 0.25) is 0 Å². The highest BCUT2D eigenvalue weighted by atomic mass is 16.5. The number of esters is 1. The van der Waals surface area contributed by atoms with E-state index >= 15 is 0 Å². The van der Waals surface area contributed by atoms with E-state index in [1.54, 1.807) is 11.1 Å².